The lowest BCUT2D eigenvalue weighted by molar-refractivity contribution is -0.135. The number of ether oxygens (including phenoxy) is 1. The van der Waals surface area contributed by atoms with Crippen molar-refractivity contribution in [1.82, 2.24) is 14.9 Å². The van der Waals surface area contributed by atoms with Crippen molar-refractivity contribution in [3.63, 3.8) is 0 Å². The summed E-state index contributed by atoms with van der Waals surface area (Å²) in [4.78, 5) is 49.9. The van der Waals surface area contributed by atoms with Gasteiger partial charge in [-0.2, -0.15) is 0 Å². The van der Waals surface area contributed by atoms with Gasteiger partial charge in [0.05, 0.1) is 7.11 Å². The van der Waals surface area contributed by atoms with E-state index in [4.69, 9.17) is 9.15 Å². The summed E-state index contributed by atoms with van der Waals surface area (Å²) in [5, 5.41) is 3.46. The number of rotatable bonds is 9. The van der Waals surface area contributed by atoms with Crippen molar-refractivity contribution < 1.29 is 23.5 Å². The zero-order valence-electron chi connectivity index (χ0n) is 23.6. The van der Waals surface area contributed by atoms with Gasteiger partial charge in [-0.15, -0.1) is 0 Å². The number of nitrogens with one attached hydrogen (secondary N) is 1. The van der Waals surface area contributed by atoms with Crippen LogP contribution in [0, 0.1) is 24.7 Å². The lowest BCUT2D eigenvalue weighted by atomic mass is 9.81. The summed E-state index contributed by atoms with van der Waals surface area (Å²) in [6.45, 7) is 5.90. The van der Waals surface area contributed by atoms with Crippen molar-refractivity contribution in [2.75, 3.05) is 26.5 Å². The molecule has 4 rings (SSSR count). The molecule has 3 aromatic rings. The van der Waals surface area contributed by atoms with Crippen molar-refractivity contribution >= 4 is 34.3 Å². The SMILES string of the molecule is COc1nccc2oc(C(=O)C(C)CC(C)c3ccc(C)cn3)c(NC(=O)C3CCC(C(=O)N(C)C)CC3)c12. The summed E-state index contributed by atoms with van der Waals surface area (Å²) >= 11 is 0. The molecule has 2 amide bonds. The van der Waals surface area contributed by atoms with E-state index in [9.17, 15) is 14.4 Å². The molecule has 3 aromatic heterocycles. The Morgan fingerprint density at radius 1 is 1.08 bits per heavy atom. The number of methoxy groups -OCH3 is 1. The van der Waals surface area contributed by atoms with Gasteiger partial charge >= 0.3 is 0 Å². The van der Waals surface area contributed by atoms with Gasteiger partial charge in [-0.3, -0.25) is 19.4 Å². The topological polar surface area (TPSA) is 115 Å². The van der Waals surface area contributed by atoms with Crippen LogP contribution in [0.5, 0.6) is 5.88 Å². The molecular formula is C30H38N4O5. The van der Waals surface area contributed by atoms with Crippen molar-refractivity contribution in [2.24, 2.45) is 17.8 Å². The van der Waals surface area contributed by atoms with Gasteiger partial charge in [0.2, 0.25) is 23.5 Å². The smallest absolute Gasteiger partial charge is 0.227 e. The van der Waals surface area contributed by atoms with E-state index in [1.807, 2.05) is 39.1 Å². The molecule has 1 fully saturated rings. The predicted molar refractivity (Wildman–Crippen MR) is 149 cm³/mol. The third kappa shape index (κ3) is 6.13. The van der Waals surface area contributed by atoms with Crippen LogP contribution in [0.4, 0.5) is 5.69 Å². The normalized spacial score (nSPS) is 18.8. The highest BCUT2D eigenvalue weighted by molar-refractivity contribution is 6.13. The molecule has 2 atom stereocenters. The minimum atomic E-state index is -0.384. The van der Waals surface area contributed by atoms with Crippen LogP contribution < -0.4 is 10.1 Å². The molecule has 0 aliphatic heterocycles. The highest BCUT2D eigenvalue weighted by atomic mass is 16.5. The Labute approximate surface area is 229 Å². The number of carbonyl (C=O) groups is 3. The van der Waals surface area contributed by atoms with Gasteiger partial charge in [0.15, 0.2) is 5.76 Å². The number of fused-ring (bicyclic) bond motifs is 1. The molecule has 0 aromatic carbocycles. The first kappa shape index (κ1) is 28.3. The van der Waals surface area contributed by atoms with Gasteiger partial charge in [0, 0.05) is 56.0 Å². The number of aryl methyl sites for hydroxylation is 1. The number of furan rings is 1. The molecule has 9 nitrogen and oxygen atoms in total. The van der Waals surface area contributed by atoms with E-state index in [-0.39, 0.29) is 52.9 Å². The van der Waals surface area contributed by atoms with Gasteiger partial charge in [0.25, 0.3) is 0 Å². The summed E-state index contributed by atoms with van der Waals surface area (Å²) in [6, 6.07) is 5.66. The molecule has 1 saturated carbocycles. The zero-order chi connectivity index (χ0) is 28.3. The number of Topliss-reactive ketones (excluding diaryl/α,β-unsaturated/α-hetero) is 1. The van der Waals surface area contributed by atoms with Crippen molar-refractivity contribution in [3.05, 3.63) is 47.6 Å². The molecule has 1 N–H and O–H groups in total. The molecule has 1 aliphatic carbocycles. The Hall–Kier alpha value is -3.75. The van der Waals surface area contributed by atoms with Crippen LogP contribution in [0.15, 0.2) is 35.0 Å². The summed E-state index contributed by atoms with van der Waals surface area (Å²) in [6.07, 6.45) is 6.44. The third-order valence-corrected chi connectivity index (χ3v) is 7.71. The van der Waals surface area contributed by atoms with Gasteiger partial charge in [-0.1, -0.05) is 19.9 Å². The van der Waals surface area contributed by atoms with Crippen molar-refractivity contribution in [3.8, 4) is 5.88 Å². The number of hydrogen-bond acceptors (Lipinski definition) is 7. The molecule has 39 heavy (non-hydrogen) atoms. The Bertz CT molecular complexity index is 1340. The first-order valence-electron chi connectivity index (χ1n) is 13.5. The van der Waals surface area contributed by atoms with E-state index >= 15 is 0 Å². The fourth-order valence-corrected chi connectivity index (χ4v) is 5.41. The second kappa shape index (κ2) is 12.0. The monoisotopic (exact) mass is 534 g/mol. The number of pyridine rings is 2. The number of nitrogens with zero attached hydrogens (tertiary/aromatic N) is 3. The molecule has 0 spiro atoms. The second-order valence-corrected chi connectivity index (χ2v) is 10.9. The van der Waals surface area contributed by atoms with Crippen molar-refractivity contribution in [2.45, 2.75) is 58.8 Å². The van der Waals surface area contributed by atoms with E-state index in [1.54, 1.807) is 31.3 Å². The number of ketones is 1. The maximum atomic E-state index is 13.7. The summed E-state index contributed by atoms with van der Waals surface area (Å²) in [5.74, 6) is -0.589. The van der Waals surface area contributed by atoms with Crippen LogP contribution in [0.25, 0.3) is 11.0 Å². The molecule has 2 unspecified atom stereocenters. The van der Waals surface area contributed by atoms with Crippen LogP contribution in [0.3, 0.4) is 0 Å². The Balaban J connectivity index is 1.57. The number of aromatic nitrogens is 2. The summed E-state index contributed by atoms with van der Waals surface area (Å²) in [5.41, 5.74) is 2.72. The largest absolute Gasteiger partial charge is 0.480 e. The molecule has 0 bridgehead atoms. The average molecular weight is 535 g/mol. The number of hydrogen-bond donors (Lipinski definition) is 1. The Kier molecular flexibility index (Phi) is 8.67. The summed E-state index contributed by atoms with van der Waals surface area (Å²) in [7, 11) is 5.00. The Morgan fingerprint density at radius 3 is 2.38 bits per heavy atom. The fourth-order valence-electron chi connectivity index (χ4n) is 5.41. The number of carbonyl (C=O) groups excluding carboxylic acids is 3. The van der Waals surface area contributed by atoms with E-state index in [0.717, 1.165) is 11.3 Å². The molecule has 0 radical (unpaired) electrons. The average Bonchev–Trinajstić information content (AvgIpc) is 3.30. The number of amides is 2. The van der Waals surface area contributed by atoms with E-state index in [1.165, 1.54) is 7.11 Å². The molecule has 3 heterocycles. The quantitative estimate of drug-likeness (QED) is 0.366. The predicted octanol–water partition coefficient (Wildman–Crippen LogP) is 5.39. The molecule has 1 aliphatic rings. The number of anilines is 1. The van der Waals surface area contributed by atoms with Gasteiger partial charge in [0.1, 0.15) is 16.7 Å². The van der Waals surface area contributed by atoms with E-state index < -0.39 is 0 Å². The minimum absolute atomic E-state index is 0.0585. The molecule has 0 saturated heterocycles. The first-order chi connectivity index (χ1) is 18.6. The van der Waals surface area contributed by atoms with Gasteiger partial charge in [-0.05, 0) is 56.6 Å². The van der Waals surface area contributed by atoms with Crippen LogP contribution in [-0.4, -0.2) is 53.7 Å². The van der Waals surface area contributed by atoms with Crippen LogP contribution in [0.2, 0.25) is 0 Å². The summed E-state index contributed by atoms with van der Waals surface area (Å²) < 4.78 is 11.5. The molecular weight excluding hydrogens is 496 g/mol. The van der Waals surface area contributed by atoms with Crippen molar-refractivity contribution in [1.29, 1.82) is 0 Å². The molecule has 208 valence electrons. The van der Waals surface area contributed by atoms with E-state index in [0.29, 0.717) is 48.8 Å². The Morgan fingerprint density at radius 2 is 1.77 bits per heavy atom. The lowest BCUT2D eigenvalue weighted by Gasteiger charge is -2.28. The van der Waals surface area contributed by atoms with E-state index in [2.05, 4.69) is 15.3 Å². The maximum Gasteiger partial charge on any atom is 0.227 e. The standard InChI is InChI=1S/C30H38N4O5/c1-17-7-12-22(32-16-17)18(2)15-19(3)26(35)27-25(24-23(39-27)13-14-31-29(24)38-6)33-28(36)20-8-10-21(11-9-20)30(37)34(4)5/h7,12-14,16,18-21H,8-11,15H2,1-6H3,(H,33,36). The second-order valence-electron chi connectivity index (χ2n) is 10.9. The lowest BCUT2D eigenvalue weighted by Crippen LogP contribution is -2.35. The minimum Gasteiger partial charge on any atom is -0.480 e. The van der Waals surface area contributed by atoms with Crippen LogP contribution in [0.1, 0.15) is 73.7 Å². The highest BCUT2D eigenvalue weighted by Gasteiger charge is 2.34. The maximum absolute atomic E-state index is 13.7. The van der Waals surface area contributed by atoms with Crippen LogP contribution in [-0.2, 0) is 9.59 Å². The first-order valence-corrected chi connectivity index (χ1v) is 13.5. The molecule has 9 heteroatoms. The fraction of sp³-hybridized carbons (Fsp3) is 0.500. The van der Waals surface area contributed by atoms with Gasteiger partial charge < -0.3 is 19.4 Å². The third-order valence-electron chi connectivity index (χ3n) is 7.71. The van der Waals surface area contributed by atoms with Gasteiger partial charge in [-0.25, -0.2) is 4.98 Å². The zero-order valence-corrected chi connectivity index (χ0v) is 23.6. The van der Waals surface area contributed by atoms with Crippen LogP contribution >= 0.6 is 0 Å². The highest BCUT2D eigenvalue weighted by Crippen LogP contribution is 2.39.